The SMILES string of the molecule is Cn1cc(C(O)CNS(=O)(=O)c2ccc(Cl)cc2)c2ccccc21. The van der Waals surface area contributed by atoms with E-state index in [2.05, 4.69) is 4.72 Å². The molecule has 0 aliphatic rings. The van der Waals surface area contributed by atoms with Gasteiger partial charge in [0.05, 0.1) is 11.0 Å². The minimum atomic E-state index is -3.70. The predicted molar refractivity (Wildman–Crippen MR) is 94.5 cm³/mol. The molecule has 0 aliphatic carbocycles. The van der Waals surface area contributed by atoms with Crippen LogP contribution in [0.25, 0.3) is 10.9 Å². The molecule has 0 fully saturated rings. The summed E-state index contributed by atoms with van der Waals surface area (Å²) in [4.78, 5) is 0.108. The normalized spacial score (nSPS) is 13.3. The molecule has 0 spiro atoms. The number of halogens is 1. The molecular weight excluding hydrogens is 348 g/mol. The molecule has 0 bridgehead atoms. The zero-order valence-electron chi connectivity index (χ0n) is 13.0. The van der Waals surface area contributed by atoms with Crippen LogP contribution in [-0.4, -0.2) is 24.6 Å². The van der Waals surface area contributed by atoms with Crippen LogP contribution in [0.3, 0.4) is 0 Å². The topological polar surface area (TPSA) is 71.3 Å². The molecule has 24 heavy (non-hydrogen) atoms. The fraction of sp³-hybridized carbons (Fsp3) is 0.176. The van der Waals surface area contributed by atoms with Gasteiger partial charge in [0.15, 0.2) is 0 Å². The van der Waals surface area contributed by atoms with Crippen molar-refractivity contribution in [3.8, 4) is 0 Å². The van der Waals surface area contributed by atoms with E-state index in [0.717, 1.165) is 10.9 Å². The lowest BCUT2D eigenvalue weighted by Gasteiger charge is -2.12. The van der Waals surface area contributed by atoms with Crippen molar-refractivity contribution in [3.63, 3.8) is 0 Å². The van der Waals surface area contributed by atoms with Crippen molar-refractivity contribution in [2.45, 2.75) is 11.0 Å². The highest BCUT2D eigenvalue weighted by Gasteiger charge is 2.19. The van der Waals surface area contributed by atoms with Gasteiger partial charge in [0, 0.05) is 41.3 Å². The Bertz CT molecular complexity index is 965. The summed E-state index contributed by atoms with van der Waals surface area (Å²) in [7, 11) is -1.82. The zero-order chi connectivity index (χ0) is 17.3. The lowest BCUT2D eigenvalue weighted by molar-refractivity contribution is 0.183. The van der Waals surface area contributed by atoms with Gasteiger partial charge in [-0.2, -0.15) is 0 Å². The number of para-hydroxylation sites is 1. The molecule has 2 aromatic carbocycles. The predicted octanol–water partition coefficient (Wildman–Crippen LogP) is 2.84. The molecular formula is C17H17ClN2O3S. The summed E-state index contributed by atoms with van der Waals surface area (Å²) in [6.45, 7) is -0.112. The van der Waals surface area contributed by atoms with Crippen molar-refractivity contribution < 1.29 is 13.5 Å². The van der Waals surface area contributed by atoms with Crippen LogP contribution in [0.15, 0.2) is 59.6 Å². The lowest BCUT2D eigenvalue weighted by atomic mass is 10.1. The lowest BCUT2D eigenvalue weighted by Crippen LogP contribution is -2.28. The fourth-order valence-electron chi connectivity index (χ4n) is 2.63. The molecule has 0 saturated heterocycles. The van der Waals surface area contributed by atoms with Gasteiger partial charge in [-0.3, -0.25) is 0 Å². The molecule has 5 nitrogen and oxygen atoms in total. The molecule has 1 aromatic heterocycles. The van der Waals surface area contributed by atoms with Gasteiger partial charge in [-0.05, 0) is 30.3 Å². The molecule has 3 rings (SSSR count). The maximum absolute atomic E-state index is 12.3. The van der Waals surface area contributed by atoms with Gasteiger partial charge in [0.25, 0.3) is 0 Å². The van der Waals surface area contributed by atoms with Crippen LogP contribution in [0, 0.1) is 0 Å². The number of fused-ring (bicyclic) bond motifs is 1. The van der Waals surface area contributed by atoms with E-state index in [0.29, 0.717) is 10.6 Å². The first-order valence-electron chi connectivity index (χ1n) is 7.36. The molecule has 1 atom stereocenters. The van der Waals surface area contributed by atoms with E-state index < -0.39 is 16.1 Å². The maximum Gasteiger partial charge on any atom is 0.240 e. The first-order valence-corrected chi connectivity index (χ1v) is 9.22. The molecule has 1 unspecified atom stereocenters. The molecule has 0 aliphatic heterocycles. The van der Waals surface area contributed by atoms with Crippen molar-refractivity contribution in [2.75, 3.05) is 6.54 Å². The van der Waals surface area contributed by atoms with Crippen molar-refractivity contribution >= 4 is 32.5 Å². The van der Waals surface area contributed by atoms with E-state index in [4.69, 9.17) is 11.6 Å². The molecule has 7 heteroatoms. The van der Waals surface area contributed by atoms with Gasteiger partial charge < -0.3 is 9.67 Å². The average Bonchev–Trinajstić information content (AvgIpc) is 2.91. The number of aliphatic hydroxyl groups is 1. The van der Waals surface area contributed by atoms with Crippen LogP contribution in [0.5, 0.6) is 0 Å². The summed E-state index contributed by atoms with van der Waals surface area (Å²) in [5.41, 5.74) is 1.67. The maximum atomic E-state index is 12.3. The van der Waals surface area contributed by atoms with Gasteiger partial charge in [0.1, 0.15) is 0 Å². The monoisotopic (exact) mass is 364 g/mol. The Morgan fingerprint density at radius 1 is 1.17 bits per heavy atom. The summed E-state index contributed by atoms with van der Waals surface area (Å²) in [6.07, 6.45) is 0.865. The Morgan fingerprint density at radius 2 is 1.83 bits per heavy atom. The second-order valence-electron chi connectivity index (χ2n) is 5.53. The molecule has 2 N–H and O–H groups in total. The number of aryl methyl sites for hydroxylation is 1. The molecule has 0 saturated carbocycles. The summed E-state index contributed by atoms with van der Waals surface area (Å²) in [6, 6.07) is 13.5. The van der Waals surface area contributed by atoms with E-state index in [-0.39, 0.29) is 11.4 Å². The molecule has 0 radical (unpaired) electrons. The second-order valence-corrected chi connectivity index (χ2v) is 7.74. The van der Waals surface area contributed by atoms with Crippen molar-refractivity contribution in [1.82, 2.24) is 9.29 Å². The van der Waals surface area contributed by atoms with Crippen LogP contribution in [0.4, 0.5) is 0 Å². The first-order chi connectivity index (χ1) is 11.4. The van der Waals surface area contributed by atoms with E-state index in [9.17, 15) is 13.5 Å². The number of nitrogens with zero attached hydrogens (tertiary/aromatic N) is 1. The van der Waals surface area contributed by atoms with Crippen LogP contribution >= 0.6 is 11.6 Å². The Labute approximate surface area is 145 Å². The van der Waals surface area contributed by atoms with Crippen LogP contribution in [0.2, 0.25) is 5.02 Å². The number of aliphatic hydroxyl groups excluding tert-OH is 1. The molecule has 126 valence electrons. The first kappa shape index (κ1) is 17.0. The van der Waals surface area contributed by atoms with Crippen molar-refractivity contribution in [1.29, 1.82) is 0 Å². The van der Waals surface area contributed by atoms with Gasteiger partial charge in [0.2, 0.25) is 10.0 Å². The third-order valence-electron chi connectivity index (χ3n) is 3.88. The summed E-state index contributed by atoms with van der Waals surface area (Å²) >= 11 is 5.77. The van der Waals surface area contributed by atoms with Gasteiger partial charge >= 0.3 is 0 Å². The fourth-order valence-corrected chi connectivity index (χ4v) is 3.80. The Hall–Kier alpha value is -1.86. The Balaban J connectivity index is 1.79. The molecule has 1 heterocycles. The summed E-state index contributed by atoms with van der Waals surface area (Å²) < 4.78 is 28.9. The van der Waals surface area contributed by atoms with Gasteiger partial charge in [-0.1, -0.05) is 29.8 Å². The van der Waals surface area contributed by atoms with E-state index in [1.807, 2.05) is 42.1 Å². The van der Waals surface area contributed by atoms with Gasteiger partial charge in [-0.25, -0.2) is 13.1 Å². The van der Waals surface area contributed by atoms with Gasteiger partial charge in [-0.15, -0.1) is 0 Å². The number of benzene rings is 2. The zero-order valence-corrected chi connectivity index (χ0v) is 14.6. The van der Waals surface area contributed by atoms with Crippen LogP contribution in [-0.2, 0) is 17.1 Å². The Morgan fingerprint density at radius 3 is 2.54 bits per heavy atom. The number of rotatable bonds is 5. The van der Waals surface area contributed by atoms with Crippen molar-refractivity contribution in [2.24, 2.45) is 7.05 Å². The van der Waals surface area contributed by atoms with E-state index >= 15 is 0 Å². The highest BCUT2D eigenvalue weighted by atomic mass is 35.5. The average molecular weight is 365 g/mol. The smallest absolute Gasteiger partial charge is 0.240 e. The van der Waals surface area contributed by atoms with Crippen molar-refractivity contribution in [3.05, 3.63) is 65.3 Å². The summed E-state index contributed by atoms with van der Waals surface area (Å²) in [5.74, 6) is 0. The second kappa shape index (κ2) is 6.57. The molecule has 0 amide bonds. The minimum absolute atomic E-state index is 0.108. The molecule has 3 aromatic rings. The number of nitrogens with one attached hydrogen (secondary N) is 1. The quantitative estimate of drug-likeness (QED) is 0.731. The summed E-state index contributed by atoms with van der Waals surface area (Å²) in [5, 5.41) is 11.8. The standard InChI is InChI=1S/C17H17ClN2O3S/c1-20-11-15(14-4-2-3-5-16(14)20)17(21)10-19-24(22,23)13-8-6-12(18)7-9-13/h2-9,11,17,19,21H,10H2,1H3. The van der Waals surface area contributed by atoms with Crippen LogP contribution in [0.1, 0.15) is 11.7 Å². The number of hydrogen-bond donors (Lipinski definition) is 2. The Kier molecular flexibility index (Phi) is 4.64. The van der Waals surface area contributed by atoms with E-state index in [1.165, 1.54) is 24.3 Å². The third-order valence-corrected chi connectivity index (χ3v) is 5.57. The van der Waals surface area contributed by atoms with Crippen LogP contribution < -0.4 is 4.72 Å². The highest BCUT2D eigenvalue weighted by molar-refractivity contribution is 7.89. The minimum Gasteiger partial charge on any atom is -0.387 e. The number of aromatic nitrogens is 1. The third kappa shape index (κ3) is 3.32. The number of sulfonamides is 1. The highest BCUT2D eigenvalue weighted by Crippen LogP contribution is 2.26. The van der Waals surface area contributed by atoms with E-state index in [1.54, 1.807) is 0 Å². The largest absolute Gasteiger partial charge is 0.387 e. The number of hydrogen-bond acceptors (Lipinski definition) is 3.